The zero-order valence-electron chi connectivity index (χ0n) is 11.8. The fourth-order valence-corrected chi connectivity index (χ4v) is 6.36. The van der Waals surface area contributed by atoms with Gasteiger partial charge in [0, 0.05) is 21.7 Å². The molecule has 3 heterocycles. The fourth-order valence-electron chi connectivity index (χ4n) is 2.71. The van der Waals surface area contributed by atoms with Crippen molar-refractivity contribution >= 4 is 67.6 Å². The van der Waals surface area contributed by atoms with Crippen LogP contribution in [0.4, 0.5) is 0 Å². The van der Waals surface area contributed by atoms with Crippen LogP contribution in [0.5, 0.6) is 0 Å². The summed E-state index contributed by atoms with van der Waals surface area (Å²) in [4.78, 5) is 8.37. The molecule has 2 nitrogen and oxygen atoms in total. The fraction of sp³-hybridized carbons (Fsp3) is 0.267. The lowest BCUT2D eigenvalue weighted by atomic mass is 10.1. The van der Waals surface area contributed by atoms with E-state index in [-0.39, 0.29) is 0 Å². The molecule has 4 rings (SSSR count). The molecule has 0 aliphatic carbocycles. The van der Waals surface area contributed by atoms with Crippen LogP contribution in [-0.4, -0.2) is 35.7 Å². The third-order valence-corrected chi connectivity index (χ3v) is 7.72. The summed E-state index contributed by atoms with van der Waals surface area (Å²) in [6.45, 7) is 1.93. The van der Waals surface area contributed by atoms with Crippen LogP contribution < -0.4 is 0 Å². The van der Waals surface area contributed by atoms with E-state index in [1.807, 2.05) is 46.6 Å². The monoisotopic (exact) mass is 350 g/mol. The first-order chi connectivity index (χ1) is 10.3. The molecule has 1 aromatic heterocycles. The van der Waals surface area contributed by atoms with E-state index in [0.717, 1.165) is 13.1 Å². The third kappa shape index (κ3) is 2.23. The lowest BCUT2D eigenvalue weighted by Gasteiger charge is -2.18. The van der Waals surface area contributed by atoms with E-state index >= 15 is 0 Å². The number of hydrogen-bond acceptors (Lipinski definition) is 6. The molecular formula is C15H14N2S4. The number of rotatable bonds is 3. The summed E-state index contributed by atoms with van der Waals surface area (Å²) in [7, 11) is 0. The minimum absolute atomic E-state index is 0.920. The summed E-state index contributed by atoms with van der Waals surface area (Å²) in [6, 6.07) is 6.90. The summed E-state index contributed by atoms with van der Waals surface area (Å²) in [5.74, 6) is 0. The number of aliphatic imine (C=N–C) groups is 1. The number of amidine groups is 1. The summed E-state index contributed by atoms with van der Waals surface area (Å²) in [6.07, 6.45) is 4.32. The van der Waals surface area contributed by atoms with Crippen LogP contribution in [0, 0.1) is 0 Å². The Morgan fingerprint density at radius 3 is 2.95 bits per heavy atom. The maximum Gasteiger partial charge on any atom is 0.169 e. The first-order valence-corrected chi connectivity index (χ1v) is 10.8. The summed E-state index contributed by atoms with van der Waals surface area (Å²) in [5.41, 5.74) is 2.68. The smallest absolute Gasteiger partial charge is 0.169 e. The summed E-state index contributed by atoms with van der Waals surface area (Å²) in [5, 5.41) is 4.71. The standard InChI is InChI=1S/C15H14N2S4/c1-18-11-8-10(7-9-3-6-20-13(9)11)12-14(19-2)21-15-16-4-5-17(12)15/h3,6-8H,4-5H2,1-2H3. The van der Waals surface area contributed by atoms with Crippen molar-refractivity contribution in [2.75, 3.05) is 25.6 Å². The van der Waals surface area contributed by atoms with Gasteiger partial charge in [-0.15, -0.1) is 34.9 Å². The van der Waals surface area contributed by atoms with Gasteiger partial charge in [-0.25, -0.2) is 0 Å². The number of thiophene rings is 1. The molecule has 21 heavy (non-hydrogen) atoms. The van der Waals surface area contributed by atoms with Gasteiger partial charge < -0.3 is 4.90 Å². The van der Waals surface area contributed by atoms with Crippen LogP contribution in [0.15, 0.2) is 37.7 Å². The molecular weight excluding hydrogens is 336 g/mol. The maximum absolute atomic E-state index is 4.61. The second-order valence-electron chi connectivity index (χ2n) is 4.78. The Morgan fingerprint density at radius 2 is 2.14 bits per heavy atom. The van der Waals surface area contributed by atoms with Crippen LogP contribution in [0.1, 0.15) is 5.56 Å². The van der Waals surface area contributed by atoms with E-state index in [0.29, 0.717) is 0 Å². The first kappa shape index (κ1) is 14.1. The van der Waals surface area contributed by atoms with Crippen molar-refractivity contribution in [3.8, 4) is 0 Å². The van der Waals surface area contributed by atoms with Crippen LogP contribution >= 0.6 is 46.6 Å². The zero-order valence-corrected chi connectivity index (χ0v) is 15.0. The van der Waals surface area contributed by atoms with Crippen molar-refractivity contribution < 1.29 is 0 Å². The Hall–Kier alpha value is -0.560. The second-order valence-corrected chi connectivity index (χ2v) is 8.59. The average molecular weight is 351 g/mol. The van der Waals surface area contributed by atoms with Crippen molar-refractivity contribution in [1.82, 2.24) is 4.90 Å². The van der Waals surface area contributed by atoms with Gasteiger partial charge in [0.1, 0.15) is 0 Å². The Bertz CT molecular complexity index is 775. The minimum atomic E-state index is 0.920. The molecule has 108 valence electrons. The van der Waals surface area contributed by atoms with Crippen molar-refractivity contribution in [3.05, 3.63) is 33.4 Å². The quantitative estimate of drug-likeness (QED) is 0.721. The molecule has 0 fully saturated rings. The highest BCUT2D eigenvalue weighted by molar-refractivity contribution is 8.30. The molecule has 2 aromatic rings. The normalized spacial score (nSPS) is 17.8. The van der Waals surface area contributed by atoms with Crippen LogP contribution in [0.3, 0.4) is 0 Å². The highest BCUT2D eigenvalue weighted by Crippen LogP contribution is 2.47. The predicted octanol–water partition coefficient (Wildman–Crippen LogP) is 5.03. The zero-order chi connectivity index (χ0) is 14.4. The average Bonchev–Trinajstić information content (AvgIpc) is 3.19. The van der Waals surface area contributed by atoms with E-state index in [4.69, 9.17) is 0 Å². The molecule has 0 unspecified atom stereocenters. The molecule has 0 radical (unpaired) electrons. The molecule has 0 spiro atoms. The second kappa shape index (κ2) is 5.57. The number of hydrogen-bond donors (Lipinski definition) is 0. The molecule has 0 saturated heterocycles. The van der Waals surface area contributed by atoms with E-state index in [2.05, 4.69) is 46.0 Å². The van der Waals surface area contributed by atoms with Crippen molar-refractivity contribution in [1.29, 1.82) is 0 Å². The third-order valence-electron chi connectivity index (χ3n) is 3.64. The van der Waals surface area contributed by atoms with Crippen molar-refractivity contribution in [2.24, 2.45) is 4.99 Å². The van der Waals surface area contributed by atoms with Crippen LogP contribution in [0.2, 0.25) is 0 Å². The molecule has 0 atom stereocenters. The van der Waals surface area contributed by atoms with Gasteiger partial charge in [-0.3, -0.25) is 4.99 Å². The predicted molar refractivity (Wildman–Crippen MR) is 101 cm³/mol. The molecule has 2 aliphatic heterocycles. The lowest BCUT2D eigenvalue weighted by molar-refractivity contribution is 0.649. The molecule has 0 bridgehead atoms. The highest BCUT2D eigenvalue weighted by atomic mass is 32.2. The first-order valence-electron chi connectivity index (χ1n) is 6.65. The largest absolute Gasteiger partial charge is 0.317 e. The lowest BCUT2D eigenvalue weighted by Crippen LogP contribution is -2.20. The van der Waals surface area contributed by atoms with E-state index in [1.165, 1.54) is 35.6 Å². The van der Waals surface area contributed by atoms with Gasteiger partial charge in [0.15, 0.2) is 5.17 Å². The summed E-state index contributed by atoms with van der Waals surface area (Å²) >= 11 is 7.31. The molecule has 0 N–H and O–H groups in total. The van der Waals surface area contributed by atoms with Crippen LogP contribution in [-0.2, 0) is 0 Å². The van der Waals surface area contributed by atoms with E-state index < -0.39 is 0 Å². The highest BCUT2D eigenvalue weighted by Gasteiger charge is 2.33. The molecule has 0 amide bonds. The van der Waals surface area contributed by atoms with Gasteiger partial charge in [-0.1, -0.05) is 0 Å². The van der Waals surface area contributed by atoms with Gasteiger partial charge in [-0.2, -0.15) is 0 Å². The maximum atomic E-state index is 4.61. The van der Waals surface area contributed by atoms with Crippen LogP contribution in [0.25, 0.3) is 15.8 Å². The Balaban J connectivity index is 1.90. The Kier molecular flexibility index (Phi) is 3.73. The Morgan fingerprint density at radius 1 is 1.24 bits per heavy atom. The van der Waals surface area contributed by atoms with Gasteiger partial charge in [0.2, 0.25) is 0 Å². The molecule has 6 heteroatoms. The number of nitrogens with zero attached hydrogens (tertiary/aromatic N) is 2. The minimum Gasteiger partial charge on any atom is -0.317 e. The van der Waals surface area contributed by atoms with Gasteiger partial charge in [-0.05, 0) is 53.2 Å². The summed E-state index contributed by atoms with van der Waals surface area (Å²) < 4.78 is 2.77. The Labute approximate surface area is 141 Å². The molecule has 2 aliphatic rings. The van der Waals surface area contributed by atoms with Gasteiger partial charge in [0.25, 0.3) is 0 Å². The molecule has 1 aromatic carbocycles. The van der Waals surface area contributed by atoms with Gasteiger partial charge >= 0.3 is 0 Å². The number of thioether (sulfide) groups is 3. The van der Waals surface area contributed by atoms with Gasteiger partial charge in [0.05, 0.1) is 16.5 Å². The van der Waals surface area contributed by atoms with E-state index in [9.17, 15) is 0 Å². The topological polar surface area (TPSA) is 15.6 Å². The van der Waals surface area contributed by atoms with Crippen molar-refractivity contribution in [2.45, 2.75) is 4.90 Å². The molecule has 0 saturated carbocycles. The number of benzene rings is 1. The SMILES string of the molecule is CSC1=C(c2cc(SC)c3sccc3c2)N2CCN=C2S1. The number of fused-ring (bicyclic) bond motifs is 2. The van der Waals surface area contributed by atoms with E-state index in [1.54, 1.807) is 0 Å². The van der Waals surface area contributed by atoms with Crippen molar-refractivity contribution in [3.63, 3.8) is 0 Å².